The zero-order valence-electron chi connectivity index (χ0n) is 17.8. The summed E-state index contributed by atoms with van der Waals surface area (Å²) in [4.78, 5) is 29.4. The summed E-state index contributed by atoms with van der Waals surface area (Å²) in [5, 5.41) is 7.77. The van der Waals surface area contributed by atoms with Crippen LogP contribution in [0.4, 0.5) is 0 Å². The Bertz CT molecular complexity index is 1150. The Labute approximate surface area is 186 Å². The SMILES string of the molecule is O=C(NC1CCC(n2nc(-c3cccnc3)ccc2=O)CC1)C1CCc2ccccc2O1. The highest BCUT2D eigenvalue weighted by Gasteiger charge is 2.30. The highest BCUT2D eigenvalue weighted by molar-refractivity contribution is 5.81. The van der Waals surface area contributed by atoms with E-state index in [9.17, 15) is 9.59 Å². The molecule has 1 aromatic carbocycles. The van der Waals surface area contributed by atoms with Crippen LogP contribution in [0.15, 0.2) is 65.7 Å². The summed E-state index contributed by atoms with van der Waals surface area (Å²) < 4.78 is 7.52. The first-order chi connectivity index (χ1) is 15.7. The largest absolute Gasteiger partial charge is 0.480 e. The van der Waals surface area contributed by atoms with Gasteiger partial charge < -0.3 is 10.1 Å². The number of para-hydroxylation sites is 1. The maximum absolute atomic E-state index is 12.8. The predicted octanol–water partition coefficient (Wildman–Crippen LogP) is 3.30. The number of rotatable bonds is 4. The van der Waals surface area contributed by atoms with E-state index in [1.54, 1.807) is 29.2 Å². The number of ether oxygens (including phenoxy) is 1. The van der Waals surface area contributed by atoms with Gasteiger partial charge in [0.15, 0.2) is 6.10 Å². The highest BCUT2D eigenvalue weighted by Crippen LogP contribution is 2.29. The molecule has 0 spiro atoms. The lowest BCUT2D eigenvalue weighted by atomic mass is 9.91. The minimum atomic E-state index is -0.442. The molecular weight excluding hydrogens is 404 g/mol. The molecule has 3 heterocycles. The van der Waals surface area contributed by atoms with Crippen molar-refractivity contribution in [1.82, 2.24) is 20.1 Å². The molecule has 0 radical (unpaired) electrons. The van der Waals surface area contributed by atoms with Crippen LogP contribution >= 0.6 is 0 Å². The molecule has 1 aliphatic carbocycles. The van der Waals surface area contributed by atoms with E-state index in [0.717, 1.165) is 54.7 Å². The average Bonchev–Trinajstić information content (AvgIpc) is 2.85. The second-order valence-electron chi connectivity index (χ2n) is 8.51. The Morgan fingerprint density at radius 2 is 1.84 bits per heavy atom. The van der Waals surface area contributed by atoms with Crippen LogP contribution in [0.1, 0.15) is 43.7 Å². The molecule has 3 aromatic rings. The summed E-state index contributed by atoms with van der Waals surface area (Å²) in [7, 11) is 0. The van der Waals surface area contributed by atoms with Crippen molar-refractivity contribution >= 4 is 5.91 Å². The number of pyridine rings is 1. The first-order valence-electron chi connectivity index (χ1n) is 11.2. The fourth-order valence-electron chi connectivity index (χ4n) is 4.62. The summed E-state index contributed by atoms with van der Waals surface area (Å²) in [5.74, 6) is 0.762. The van der Waals surface area contributed by atoms with E-state index in [1.165, 1.54) is 0 Å². The van der Waals surface area contributed by atoms with Crippen molar-refractivity contribution in [3.05, 3.63) is 76.8 Å². The van der Waals surface area contributed by atoms with Crippen LogP contribution in [0.3, 0.4) is 0 Å². The second-order valence-corrected chi connectivity index (χ2v) is 8.51. The standard InChI is InChI=1S/C25H26N4O3/c30-24-14-12-21(18-5-3-15-26-16-18)28-29(24)20-10-8-19(9-11-20)27-25(31)23-13-7-17-4-1-2-6-22(17)32-23/h1-6,12,14-16,19-20,23H,7-11,13H2,(H,27,31). The van der Waals surface area contributed by atoms with E-state index in [2.05, 4.69) is 15.4 Å². The third-order valence-electron chi connectivity index (χ3n) is 6.38. The molecule has 7 heteroatoms. The molecule has 0 saturated heterocycles. The van der Waals surface area contributed by atoms with E-state index in [0.29, 0.717) is 6.42 Å². The second kappa shape index (κ2) is 8.94. The van der Waals surface area contributed by atoms with Crippen molar-refractivity contribution < 1.29 is 9.53 Å². The number of benzene rings is 1. The molecular formula is C25H26N4O3. The van der Waals surface area contributed by atoms with E-state index in [-0.39, 0.29) is 23.6 Å². The lowest BCUT2D eigenvalue weighted by Crippen LogP contribution is -2.46. The number of aryl methyl sites for hydroxylation is 1. The van der Waals surface area contributed by atoms with Crippen LogP contribution in [0, 0.1) is 0 Å². The number of nitrogens with one attached hydrogen (secondary N) is 1. The van der Waals surface area contributed by atoms with Crippen molar-refractivity contribution in [3.8, 4) is 17.0 Å². The van der Waals surface area contributed by atoms with Gasteiger partial charge in [-0.15, -0.1) is 0 Å². The monoisotopic (exact) mass is 430 g/mol. The maximum atomic E-state index is 12.8. The van der Waals surface area contributed by atoms with Gasteiger partial charge in [-0.3, -0.25) is 14.6 Å². The Hall–Kier alpha value is -3.48. The van der Waals surface area contributed by atoms with Crippen molar-refractivity contribution in [2.75, 3.05) is 0 Å². The fraction of sp³-hybridized carbons (Fsp3) is 0.360. The minimum Gasteiger partial charge on any atom is -0.480 e. The van der Waals surface area contributed by atoms with Gasteiger partial charge >= 0.3 is 0 Å². The minimum absolute atomic E-state index is 0.0325. The van der Waals surface area contributed by atoms with Crippen molar-refractivity contribution in [3.63, 3.8) is 0 Å². The van der Waals surface area contributed by atoms with Crippen LogP contribution in [-0.4, -0.2) is 32.8 Å². The molecule has 32 heavy (non-hydrogen) atoms. The Morgan fingerprint density at radius 1 is 1.00 bits per heavy atom. The molecule has 1 N–H and O–H groups in total. The molecule has 0 bridgehead atoms. The number of amides is 1. The molecule has 2 aliphatic rings. The van der Waals surface area contributed by atoms with Gasteiger partial charge in [-0.2, -0.15) is 5.10 Å². The lowest BCUT2D eigenvalue weighted by Gasteiger charge is -2.31. The average molecular weight is 431 g/mol. The zero-order chi connectivity index (χ0) is 21.9. The quantitative estimate of drug-likeness (QED) is 0.686. The van der Waals surface area contributed by atoms with Crippen LogP contribution in [0.25, 0.3) is 11.3 Å². The molecule has 1 amide bonds. The highest BCUT2D eigenvalue weighted by atomic mass is 16.5. The van der Waals surface area contributed by atoms with Gasteiger partial charge in [0, 0.05) is 30.1 Å². The van der Waals surface area contributed by atoms with E-state index < -0.39 is 6.10 Å². The molecule has 1 aliphatic heterocycles. The Kier molecular flexibility index (Phi) is 5.71. The molecule has 5 rings (SSSR count). The van der Waals surface area contributed by atoms with Gasteiger partial charge in [0.1, 0.15) is 5.75 Å². The number of hydrogen-bond donors (Lipinski definition) is 1. The van der Waals surface area contributed by atoms with Gasteiger partial charge in [-0.05, 0) is 68.4 Å². The molecule has 1 atom stereocenters. The number of fused-ring (bicyclic) bond motifs is 1. The van der Waals surface area contributed by atoms with Crippen LogP contribution in [-0.2, 0) is 11.2 Å². The summed E-state index contributed by atoms with van der Waals surface area (Å²) >= 11 is 0. The van der Waals surface area contributed by atoms with Gasteiger partial charge in [0.05, 0.1) is 11.7 Å². The third-order valence-corrected chi connectivity index (χ3v) is 6.38. The van der Waals surface area contributed by atoms with Crippen LogP contribution in [0.2, 0.25) is 0 Å². The number of carbonyl (C=O) groups excluding carboxylic acids is 1. The topological polar surface area (TPSA) is 86.1 Å². The molecule has 7 nitrogen and oxygen atoms in total. The summed E-state index contributed by atoms with van der Waals surface area (Å²) in [5.41, 5.74) is 2.68. The van der Waals surface area contributed by atoms with E-state index >= 15 is 0 Å². The summed E-state index contributed by atoms with van der Waals surface area (Å²) in [6, 6.07) is 15.1. The maximum Gasteiger partial charge on any atom is 0.267 e. The third kappa shape index (κ3) is 4.28. The van der Waals surface area contributed by atoms with Gasteiger partial charge in [-0.25, -0.2) is 4.68 Å². The number of aromatic nitrogens is 3. The molecule has 1 fully saturated rings. The zero-order valence-corrected chi connectivity index (χ0v) is 17.8. The van der Waals surface area contributed by atoms with Crippen molar-refractivity contribution in [2.24, 2.45) is 0 Å². The fourth-order valence-corrected chi connectivity index (χ4v) is 4.62. The Balaban J connectivity index is 1.20. The lowest BCUT2D eigenvalue weighted by molar-refractivity contribution is -0.129. The number of hydrogen-bond acceptors (Lipinski definition) is 5. The van der Waals surface area contributed by atoms with Crippen LogP contribution < -0.4 is 15.6 Å². The number of carbonyl (C=O) groups is 1. The number of nitrogens with zero attached hydrogens (tertiary/aromatic N) is 3. The van der Waals surface area contributed by atoms with E-state index in [4.69, 9.17) is 4.74 Å². The molecule has 1 unspecified atom stereocenters. The van der Waals surface area contributed by atoms with Crippen LogP contribution in [0.5, 0.6) is 5.75 Å². The smallest absolute Gasteiger partial charge is 0.267 e. The van der Waals surface area contributed by atoms with E-state index in [1.807, 2.05) is 36.4 Å². The molecule has 164 valence electrons. The summed E-state index contributed by atoms with van der Waals surface area (Å²) in [6.45, 7) is 0. The molecule has 2 aromatic heterocycles. The predicted molar refractivity (Wildman–Crippen MR) is 120 cm³/mol. The first kappa shape index (κ1) is 20.4. The van der Waals surface area contributed by atoms with Crippen molar-refractivity contribution in [1.29, 1.82) is 0 Å². The Morgan fingerprint density at radius 3 is 2.66 bits per heavy atom. The van der Waals surface area contributed by atoms with Gasteiger partial charge in [0.2, 0.25) is 0 Å². The van der Waals surface area contributed by atoms with Gasteiger partial charge in [0.25, 0.3) is 11.5 Å². The first-order valence-corrected chi connectivity index (χ1v) is 11.2. The normalized spacial score (nSPS) is 22.4. The summed E-state index contributed by atoms with van der Waals surface area (Å²) in [6.07, 6.45) is 7.77. The van der Waals surface area contributed by atoms with Crippen molar-refractivity contribution in [2.45, 2.75) is 56.7 Å². The van der Waals surface area contributed by atoms with Gasteiger partial charge in [-0.1, -0.05) is 18.2 Å². The molecule has 1 saturated carbocycles.